The maximum absolute atomic E-state index is 11.4. The molecule has 0 fully saturated rings. The predicted molar refractivity (Wildman–Crippen MR) is 69.3 cm³/mol. The van der Waals surface area contributed by atoms with Gasteiger partial charge < -0.3 is 10.4 Å². The number of hydrogen-bond donors (Lipinski definition) is 2. The smallest absolute Gasteiger partial charge is 0.303 e. The Labute approximate surface area is 107 Å². The van der Waals surface area contributed by atoms with Gasteiger partial charge in [-0.25, -0.2) is 0 Å². The second-order valence-corrected chi connectivity index (χ2v) is 4.19. The first-order valence-corrected chi connectivity index (χ1v) is 6.21. The molecule has 4 heteroatoms. The molecule has 0 spiro atoms. The minimum absolute atomic E-state index is 0.00341. The molecule has 98 valence electrons. The van der Waals surface area contributed by atoms with Crippen LogP contribution in [0.25, 0.3) is 0 Å². The highest BCUT2D eigenvalue weighted by molar-refractivity contribution is 5.75. The van der Waals surface area contributed by atoms with Crippen molar-refractivity contribution >= 4 is 11.9 Å². The summed E-state index contributed by atoms with van der Waals surface area (Å²) in [6, 6.07) is 10.0. The van der Waals surface area contributed by atoms with Crippen molar-refractivity contribution in [2.24, 2.45) is 0 Å². The minimum Gasteiger partial charge on any atom is -0.481 e. The number of carboxylic acids is 1. The number of carboxylic acid groups (broad SMARTS) is 1. The Hall–Kier alpha value is -1.84. The molecule has 4 nitrogen and oxygen atoms in total. The van der Waals surface area contributed by atoms with Gasteiger partial charge in [-0.1, -0.05) is 30.3 Å². The maximum atomic E-state index is 11.4. The largest absolute Gasteiger partial charge is 0.481 e. The van der Waals surface area contributed by atoms with Crippen molar-refractivity contribution in [1.82, 2.24) is 5.32 Å². The second kappa shape index (κ2) is 8.28. The first-order chi connectivity index (χ1) is 8.68. The SMILES string of the molecule is O=C(O)CCCNC(=O)CCCc1ccccc1. The predicted octanol–water partition coefficient (Wildman–Crippen LogP) is 1.99. The van der Waals surface area contributed by atoms with Gasteiger partial charge in [-0.15, -0.1) is 0 Å². The molecule has 1 aromatic carbocycles. The summed E-state index contributed by atoms with van der Waals surface area (Å²) in [7, 11) is 0. The van der Waals surface area contributed by atoms with Gasteiger partial charge in [-0.2, -0.15) is 0 Å². The van der Waals surface area contributed by atoms with E-state index in [0.29, 0.717) is 19.4 Å². The number of hydrogen-bond acceptors (Lipinski definition) is 2. The molecular formula is C14H19NO3. The summed E-state index contributed by atoms with van der Waals surface area (Å²) in [5.74, 6) is -0.829. The Morgan fingerprint density at radius 3 is 2.44 bits per heavy atom. The van der Waals surface area contributed by atoms with E-state index in [9.17, 15) is 9.59 Å². The number of aliphatic carboxylic acids is 1. The zero-order valence-corrected chi connectivity index (χ0v) is 10.4. The second-order valence-electron chi connectivity index (χ2n) is 4.19. The van der Waals surface area contributed by atoms with E-state index in [4.69, 9.17) is 5.11 Å². The minimum atomic E-state index is -0.826. The molecule has 0 heterocycles. The number of benzene rings is 1. The summed E-state index contributed by atoms with van der Waals surface area (Å²) in [5.41, 5.74) is 1.23. The van der Waals surface area contributed by atoms with Crippen molar-refractivity contribution in [3.05, 3.63) is 35.9 Å². The molecule has 0 aromatic heterocycles. The van der Waals surface area contributed by atoms with Gasteiger partial charge in [0.2, 0.25) is 5.91 Å². The van der Waals surface area contributed by atoms with Crippen molar-refractivity contribution in [1.29, 1.82) is 0 Å². The summed E-state index contributed by atoms with van der Waals surface area (Å²) in [5, 5.41) is 11.2. The molecule has 1 aromatic rings. The quantitative estimate of drug-likeness (QED) is 0.692. The standard InChI is InChI=1S/C14H19NO3/c16-13(15-11-5-10-14(17)18)9-4-8-12-6-2-1-3-7-12/h1-3,6-7H,4-5,8-11H2,(H,15,16)(H,17,18). The molecule has 0 radical (unpaired) electrons. The highest BCUT2D eigenvalue weighted by Gasteiger charge is 2.02. The molecule has 18 heavy (non-hydrogen) atoms. The molecule has 0 atom stereocenters. The van der Waals surface area contributed by atoms with Gasteiger partial charge in [0.05, 0.1) is 0 Å². The summed E-state index contributed by atoms with van der Waals surface area (Å²) in [6.45, 7) is 0.441. The van der Waals surface area contributed by atoms with E-state index in [1.54, 1.807) is 0 Å². The Morgan fingerprint density at radius 2 is 1.78 bits per heavy atom. The maximum Gasteiger partial charge on any atom is 0.303 e. The normalized spacial score (nSPS) is 10.0. The summed E-state index contributed by atoms with van der Waals surface area (Å²) in [6.07, 6.45) is 2.78. The van der Waals surface area contributed by atoms with E-state index in [-0.39, 0.29) is 12.3 Å². The molecule has 0 aliphatic heterocycles. The molecule has 2 N–H and O–H groups in total. The van der Waals surface area contributed by atoms with Gasteiger partial charge in [-0.05, 0) is 24.8 Å². The zero-order chi connectivity index (χ0) is 13.2. The Balaban J connectivity index is 2.05. The van der Waals surface area contributed by atoms with Crippen molar-refractivity contribution in [3.63, 3.8) is 0 Å². The fourth-order valence-corrected chi connectivity index (χ4v) is 1.65. The number of carbonyl (C=O) groups is 2. The molecular weight excluding hydrogens is 230 g/mol. The topological polar surface area (TPSA) is 66.4 Å². The van der Waals surface area contributed by atoms with Crippen LogP contribution in [0.2, 0.25) is 0 Å². The van der Waals surface area contributed by atoms with Crippen molar-refractivity contribution in [3.8, 4) is 0 Å². The van der Waals surface area contributed by atoms with Gasteiger partial charge in [0.25, 0.3) is 0 Å². The van der Waals surface area contributed by atoms with Gasteiger partial charge in [0, 0.05) is 19.4 Å². The van der Waals surface area contributed by atoms with Crippen LogP contribution >= 0.6 is 0 Å². The van der Waals surface area contributed by atoms with Gasteiger partial charge >= 0.3 is 5.97 Å². The Kier molecular flexibility index (Phi) is 6.54. The fourth-order valence-electron chi connectivity index (χ4n) is 1.65. The van der Waals surface area contributed by atoms with Crippen LogP contribution in [0.1, 0.15) is 31.2 Å². The number of nitrogens with one attached hydrogen (secondary N) is 1. The molecule has 1 amide bonds. The third-order valence-corrected chi connectivity index (χ3v) is 2.60. The number of aryl methyl sites for hydroxylation is 1. The van der Waals surface area contributed by atoms with Crippen LogP contribution in [0.15, 0.2) is 30.3 Å². The van der Waals surface area contributed by atoms with Gasteiger partial charge in [-0.3, -0.25) is 9.59 Å². The van der Waals surface area contributed by atoms with Gasteiger partial charge in [0.1, 0.15) is 0 Å². The molecule has 0 saturated carbocycles. The van der Waals surface area contributed by atoms with Crippen LogP contribution in [-0.4, -0.2) is 23.5 Å². The lowest BCUT2D eigenvalue weighted by molar-refractivity contribution is -0.137. The Bertz CT molecular complexity index is 376. The van der Waals surface area contributed by atoms with Crippen LogP contribution in [0.5, 0.6) is 0 Å². The van der Waals surface area contributed by atoms with Crippen LogP contribution in [0.4, 0.5) is 0 Å². The van der Waals surface area contributed by atoms with Crippen molar-refractivity contribution in [2.45, 2.75) is 32.1 Å². The lowest BCUT2D eigenvalue weighted by atomic mass is 10.1. The molecule has 0 aliphatic rings. The van der Waals surface area contributed by atoms with Gasteiger partial charge in [0.15, 0.2) is 0 Å². The van der Waals surface area contributed by atoms with Crippen LogP contribution in [-0.2, 0) is 16.0 Å². The van der Waals surface area contributed by atoms with E-state index in [1.807, 2.05) is 30.3 Å². The average Bonchev–Trinajstić information content (AvgIpc) is 2.36. The van der Waals surface area contributed by atoms with Crippen LogP contribution < -0.4 is 5.32 Å². The summed E-state index contributed by atoms with van der Waals surface area (Å²) >= 11 is 0. The third kappa shape index (κ3) is 6.68. The van der Waals surface area contributed by atoms with E-state index < -0.39 is 5.97 Å². The number of rotatable bonds is 8. The first kappa shape index (κ1) is 14.2. The highest BCUT2D eigenvalue weighted by Crippen LogP contribution is 2.04. The molecule has 0 saturated heterocycles. The lowest BCUT2D eigenvalue weighted by Gasteiger charge is -2.04. The zero-order valence-electron chi connectivity index (χ0n) is 10.4. The highest BCUT2D eigenvalue weighted by atomic mass is 16.4. The first-order valence-electron chi connectivity index (χ1n) is 6.21. The summed E-state index contributed by atoms with van der Waals surface area (Å²) < 4.78 is 0. The average molecular weight is 249 g/mol. The summed E-state index contributed by atoms with van der Waals surface area (Å²) in [4.78, 5) is 21.7. The Morgan fingerprint density at radius 1 is 1.06 bits per heavy atom. The van der Waals surface area contributed by atoms with Crippen LogP contribution in [0.3, 0.4) is 0 Å². The molecule has 0 aliphatic carbocycles. The number of carbonyl (C=O) groups excluding carboxylic acids is 1. The molecule has 1 rings (SSSR count). The number of amides is 1. The third-order valence-electron chi connectivity index (χ3n) is 2.60. The fraction of sp³-hybridized carbons (Fsp3) is 0.429. The monoisotopic (exact) mass is 249 g/mol. The molecule has 0 bridgehead atoms. The van der Waals surface area contributed by atoms with Crippen molar-refractivity contribution < 1.29 is 14.7 Å². The van der Waals surface area contributed by atoms with Crippen LogP contribution in [0, 0.1) is 0 Å². The van der Waals surface area contributed by atoms with Crippen molar-refractivity contribution in [2.75, 3.05) is 6.54 Å². The van der Waals surface area contributed by atoms with E-state index in [0.717, 1.165) is 12.8 Å². The van der Waals surface area contributed by atoms with E-state index in [2.05, 4.69) is 5.32 Å². The van der Waals surface area contributed by atoms with E-state index >= 15 is 0 Å². The molecule has 0 unspecified atom stereocenters. The lowest BCUT2D eigenvalue weighted by Crippen LogP contribution is -2.24. The van der Waals surface area contributed by atoms with E-state index in [1.165, 1.54) is 5.56 Å².